The Morgan fingerprint density at radius 3 is 2.72 bits per heavy atom. The van der Waals surface area contributed by atoms with Gasteiger partial charge >= 0.3 is 0 Å². The molecule has 0 spiro atoms. The van der Waals surface area contributed by atoms with Gasteiger partial charge in [0.05, 0.1) is 12.4 Å². The van der Waals surface area contributed by atoms with E-state index in [1.54, 1.807) is 7.11 Å². The van der Waals surface area contributed by atoms with Gasteiger partial charge in [-0.2, -0.15) is 0 Å². The van der Waals surface area contributed by atoms with E-state index >= 15 is 0 Å². The molecule has 1 aromatic rings. The zero-order chi connectivity index (χ0) is 13.2. The molecule has 18 heavy (non-hydrogen) atoms. The molecule has 0 radical (unpaired) electrons. The van der Waals surface area contributed by atoms with Crippen molar-refractivity contribution in [1.29, 1.82) is 0 Å². The number of hydrogen-bond donors (Lipinski definition) is 1. The summed E-state index contributed by atoms with van der Waals surface area (Å²) in [6.45, 7) is 1.56. The molecule has 1 unspecified atom stereocenters. The number of nitrogens with two attached hydrogens (primary N) is 1. The average Bonchev–Trinajstić information content (AvgIpc) is 2.39. The van der Waals surface area contributed by atoms with Crippen LogP contribution >= 0.6 is 0 Å². The van der Waals surface area contributed by atoms with Gasteiger partial charge in [0.2, 0.25) is 0 Å². The Hall–Kier alpha value is -0.910. The molecule has 4 nitrogen and oxygen atoms in total. The van der Waals surface area contributed by atoms with Crippen LogP contribution < -0.4 is 10.5 Å². The third-order valence-electron chi connectivity index (χ3n) is 2.48. The van der Waals surface area contributed by atoms with Gasteiger partial charge in [-0.15, -0.1) is 0 Å². The summed E-state index contributed by atoms with van der Waals surface area (Å²) in [5.74, 6) is 1.99. The molecule has 0 aliphatic heterocycles. The fourth-order valence-electron chi connectivity index (χ4n) is 1.52. The highest BCUT2D eigenvalue weighted by Gasteiger charge is 2.03. The molecule has 0 aliphatic carbocycles. The predicted molar refractivity (Wildman–Crippen MR) is 74.2 cm³/mol. The Balaban J connectivity index is 2.26. The minimum atomic E-state index is -0.840. The molecule has 0 aromatic heterocycles. The smallest absolute Gasteiger partial charge is 0.123 e. The first-order valence-corrected chi connectivity index (χ1v) is 7.51. The molecule has 0 fully saturated rings. The van der Waals surface area contributed by atoms with Crippen molar-refractivity contribution in [3.8, 4) is 5.75 Å². The summed E-state index contributed by atoms with van der Waals surface area (Å²) in [7, 11) is 0.809. The van der Waals surface area contributed by atoms with E-state index in [0.717, 1.165) is 17.7 Å². The minimum Gasteiger partial charge on any atom is -0.492 e. The molecule has 1 aromatic carbocycles. The van der Waals surface area contributed by atoms with E-state index in [2.05, 4.69) is 0 Å². The van der Waals surface area contributed by atoms with Crippen molar-refractivity contribution in [3.05, 3.63) is 29.8 Å². The Labute approximate surface area is 111 Å². The van der Waals surface area contributed by atoms with Crippen molar-refractivity contribution >= 4 is 10.8 Å². The monoisotopic (exact) mass is 271 g/mol. The molecule has 2 N–H and O–H groups in total. The molecule has 0 bridgehead atoms. The van der Waals surface area contributed by atoms with E-state index in [4.69, 9.17) is 15.2 Å². The van der Waals surface area contributed by atoms with E-state index in [1.807, 2.05) is 24.3 Å². The van der Waals surface area contributed by atoms with Crippen molar-refractivity contribution in [1.82, 2.24) is 0 Å². The van der Waals surface area contributed by atoms with Crippen LogP contribution in [0.2, 0.25) is 0 Å². The SMILES string of the molecule is COCCCS(=O)CCOc1ccccc1CN. The van der Waals surface area contributed by atoms with Crippen molar-refractivity contribution in [3.63, 3.8) is 0 Å². The fourth-order valence-corrected chi connectivity index (χ4v) is 2.44. The average molecular weight is 271 g/mol. The molecule has 0 saturated carbocycles. The van der Waals surface area contributed by atoms with Gasteiger partial charge in [-0.25, -0.2) is 0 Å². The second-order valence-electron chi connectivity index (χ2n) is 3.85. The number of rotatable bonds is 9. The van der Waals surface area contributed by atoms with Crippen LogP contribution in [0.25, 0.3) is 0 Å². The topological polar surface area (TPSA) is 61.5 Å². The van der Waals surface area contributed by atoms with Crippen LogP contribution in [0, 0.1) is 0 Å². The summed E-state index contributed by atoms with van der Waals surface area (Å²) in [6, 6.07) is 7.66. The van der Waals surface area contributed by atoms with E-state index in [0.29, 0.717) is 31.3 Å². The van der Waals surface area contributed by atoms with Crippen molar-refractivity contribution in [2.45, 2.75) is 13.0 Å². The van der Waals surface area contributed by atoms with Crippen LogP contribution in [0.4, 0.5) is 0 Å². The maximum atomic E-state index is 11.6. The molecule has 0 saturated heterocycles. The Morgan fingerprint density at radius 1 is 1.22 bits per heavy atom. The molecule has 0 amide bonds. The number of para-hydroxylation sites is 1. The van der Waals surface area contributed by atoms with Crippen LogP contribution in [0.1, 0.15) is 12.0 Å². The summed E-state index contributed by atoms with van der Waals surface area (Å²) in [6.07, 6.45) is 0.822. The van der Waals surface area contributed by atoms with Gasteiger partial charge in [-0.1, -0.05) is 18.2 Å². The van der Waals surface area contributed by atoms with E-state index in [-0.39, 0.29) is 0 Å². The van der Waals surface area contributed by atoms with Gasteiger partial charge < -0.3 is 15.2 Å². The standard InChI is InChI=1S/C13H21NO3S/c1-16-7-4-9-18(15)10-8-17-13-6-3-2-5-12(13)11-14/h2-3,5-6H,4,7-11,14H2,1H3. The molecule has 1 rings (SSSR count). The van der Waals surface area contributed by atoms with Crippen LogP contribution in [0.3, 0.4) is 0 Å². The summed E-state index contributed by atoms with van der Waals surface area (Å²) in [4.78, 5) is 0. The Kier molecular flexibility index (Phi) is 7.64. The lowest BCUT2D eigenvalue weighted by atomic mass is 10.2. The lowest BCUT2D eigenvalue weighted by Gasteiger charge is -2.09. The minimum absolute atomic E-state index is 0.451. The van der Waals surface area contributed by atoms with Gasteiger partial charge in [-0.3, -0.25) is 4.21 Å². The van der Waals surface area contributed by atoms with Gasteiger partial charge in [-0.05, 0) is 12.5 Å². The van der Waals surface area contributed by atoms with Crippen LogP contribution in [0.15, 0.2) is 24.3 Å². The van der Waals surface area contributed by atoms with Crippen LogP contribution in [0.5, 0.6) is 5.75 Å². The Morgan fingerprint density at radius 2 is 2.00 bits per heavy atom. The largest absolute Gasteiger partial charge is 0.492 e. The highest BCUT2D eigenvalue weighted by Crippen LogP contribution is 2.16. The molecule has 5 heteroatoms. The summed E-state index contributed by atoms with van der Waals surface area (Å²) < 4.78 is 22.1. The van der Waals surface area contributed by atoms with Gasteiger partial charge in [0.1, 0.15) is 5.75 Å². The fraction of sp³-hybridized carbons (Fsp3) is 0.538. The second-order valence-corrected chi connectivity index (χ2v) is 5.55. The normalized spacial score (nSPS) is 12.3. The third kappa shape index (κ3) is 5.62. The first-order valence-electron chi connectivity index (χ1n) is 6.02. The first kappa shape index (κ1) is 15.1. The van der Waals surface area contributed by atoms with Crippen molar-refractivity contribution in [2.24, 2.45) is 5.73 Å². The maximum Gasteiger partial charge on any atom is 0.123 e. The summed E-state index contributed by atoms with van der Waals surface area (Å²) >= 11 is 0. The third-order valence-corrected chi connectivity index (χ3v) is 3.85. The molecular formula is C13H21NO3S. The zero-order valence-corrected chi connectivity index (χ0v) is 11.6. The number of methoxy groups -OCH3 is 1. The molecular weight excluding hydrogens is 250 g/mol. The maximum absolute atomic E-state index is 11.6. The lowest BCUT2D eigenvalue weighted by Crippen LogP contribution is -2.13. The van der Waals surface area contributed by atoms with Crippen molar-refractivity contribution in [2.75, 3.05) is 31.8 Å². The summed E-state index contributed by atoms with van der Waals surface area (Å²) in [5, 5.41) is 0. The Bertz CT molecular complexity index is 371. The quantitative estimate of drug-likeness (QED) is 0.688. The first-order chi connectivity index (χ1) is 8.77. The van der Waals surface area contributed by atoms with Crippen molar-refractivity contribution < 1.29 is 13.7 Å². The molecule has 102 valence electrons. The zero-order valence-electron chi connectivity index (χ0n) is 10.8. The van der Waals surface area contributed by atoms with E-state index in [9.17, 15) is 4.21 Å². The molecule has 1 atom stereocenters. The molecule has 0 heterocycles. The summed E-state index contributed by atoms with van der Waals surface area (Å²) in [5.41, 5.74) is 6.58. The van der Waals surface area contributed by atoms with Crippen LogP contribution in [-0.4, -0.2) is 36.0 Å². The number of hydrogen-bond acceptors (Lipinski definition) is 4. The van der Waals surface area contributed by atoms with E-state index in [1.165, 1.54) is 0 Å². The highest BCUT2D eigenvalue weighted by molar-refractivity contribution is 7.84. The number of ether oxygens (including phenoxy) is 2. The van der Waals surface area contributed by atoms with Gasteiger partial charge in [0.25, 0.3) is 0 Å². The van der Waals surface area contributed by atoms with Gasteiger partial charge in [0, 0.05) is 42.4 Å². The number of benzene rings is 1. The van der Waals surface area contributed by atoms with Crippen LogP contribution in [-0.2, 0) is 22.1 Å². The lowest BCUT2D eigenvalue weighted by molar-refractivity contribution is 0.200. The second kappa shape index (κ2) is 9.08. The van der Waals surface area contributed by atoms with Gasteiger partial charge in [0.15, 0.2) is 0 Å². The van der Waals surface area contributed by atoms with E-state index < -0.39 is 10.8 Å². The molecule has 0 aliphatic rings. The highest BCUT2D eigenvalue weighted by atomic mass is 32.2. The predicted octanol–water partition coefficient (Wildman–Crippen LogP) is 1.31.